The zero-order valence-electron chi connectivity index (χ0n) is 15.4. The molecule has 1 aliphatic rings. The van der Waals surface area contributed by atoms with E-state index in [4.69, 9.17) is 21.1 Å². The molecule has 0 N–H and O–H groups in total. The number of halogens is 6. The quantitative estimate of drug-likeness (QED) is 0.523. The van der Waals surface area contributed by atoms with Crippen LogP contribution >= 0.6 is 11.6 Å². The number of rotatable bonds is 4. The SMILES string of the molecule is CCOC(=O)CN1C(=O)C(F)Oc2cc(F)c(-c3nn(C)c(C(F)(F)F)c3Cl)cc21. The van der Waals surface area contributed by atoms with Crippen LogP contribution in [0.3, 0.4) is 0 Å². The lowest BCUT2D eigenvalue weighted by Gasteiger charge is -2.30. The summed E-state index contributed by atoms with van der Waals surface area (Å²) in [5, 5.41) is 2.75. The lowest BCUT2D eigenvalue weighted by molar-refractivity contribution is -0.144. The molecule has 1 aliphatic heterocycles. The van der Waals surface area contributed by atoms with E-state index in [9.17, 15) is 31.5 Å². The van der Waals surface area contributed by atoms with Crippen LogP contribution in [0.15, 0.2) is 12.1 Å². The number of aryl methyl sites for hydroxylation is 1. The summed E-state index contributed by atoms with van der Waals surface area (Å²) in [6.45, 7) is 0.777. The average Bonchev–Trinajstić information content (AvgIpc) is 2.93. The third-order valence-corrected chi connectivity index (χ3v) is 4.49. The molecular weight excluding hydrogens is 441 g/mol. The van der Waals surface area contributed by atoms with Crippen LogP contribution in [-0.2, 0) is 27.5 Å². The Labute approximate surface area is 170 Å². The Bertz CT molecular complexity index is 1020. The first-order valence-corrected chi connectivity index (χ1v) is 8.74. The van der Waals surface area contributed by atoms with Crippen LogP contribution in [0.25, 0.3) is 11.3 Å². The fraction of sp³-hybridized carbons (Fsp3) is 0.353. The fourth-order valence-corrected chi connectivity index (χ4v) is 3.28. The standard InChI is InChI=1S/C17H13ClF5N3O4/c1-3-29-11(27)6-26-9-4-7(8(19)5-10(9)30-15(20)16(26)28)13-12(18)14(17(21,22)23)25(2)24-13/h4-5,15H,3,6H2,1-2H3. The largest absolute Gasteiger partial charge is 0.465 e. The van der Waals surface area contributed by atoms with Gasteiger partial charge in [-0.25, -0.2) is 4.39 Å². The zero-order valence-corrected chi connectivity index (χ0v) is 16.1. The van der Waals surface area contributed by atoms with Gasteiger partial charge in [0.05, 0.1) is 17.3 Å². The molecular formula is C17H13ClF5N3O4. The number of hydrogen-bond acceptors (Lipinski definition) is 5. The van der Waals surface area contributed by atoms with Gasteiger partial charge in [-0.3, -0.25) is 19.2 Å². The predicted octanol–water partition coefficient (Wildman–Crippen LogP) is 3.48. The first-order valence-electron chi connectivity index (χ1n) is 8.37. The molecule has 1 aromatic carbocycles. The lowest BCUT2D eigenvalue weighted by Crippen LogP contribution is -2.46. The number of hydrogen-bond donors (Lipinski definition) is 0. The van der Waals surface area contributed by atoms with Gasteiger partial charge in [-0.2, -0.15) is 22.7 Å². The number of nitrogens with zero attached hydrogens (tertiary/aromatic N) is 3. The van der Waals surface area contributed by atoms with Crippen LogP contribution in [0.2, 0.25) is 5.02 Å². The highest BCUT2D eigenvalue weighted by Gasteiger charge is 2.41. The van der Waals surface area contributed by atoms with Crippen LogP contribution in [0, 0.1) is 5.82 Å². The Hall–Kier alpha value is -2.89. The van der Waals surface area contributed by atoms with Gasteiger partial charge >= 0.3 is 24.4 Å². The first kappa shape index (κ1) is 21.8. The van der Waals surface area contributed by atoms with Gasteiger partial charge in [0.1, 0.15) is 18.1 Å². The van der Waals surface area contributed by atoms with E-state index in [2.05, 4.69) is 5.10 Å². The average molecular weight is 454 g/mol. The van der Waals surface area contributed by atoms with Gasteiger partial charge in [0.15, 0.2) is 11.4 Å². The summed E-state index contributed by atoms with van der Waals surface area (Å²) in [6.07, 6.45) is -7.37. The van der Waals surface area contributed by atoms with Gasteiger partial charge in [-0.1, -0.05) is 11.6 Å². The number of alkyl halides is 4. The highest BCUT2D eigenvalue weighted by atomic mass is 35.5. The van der Waals surface area contributed by atoms with Crippen molar-refractivity contribution in [1.82, 2.24) is 9.78 Å². The molecule has 1 aromatic heterocycles. The third kappa shape index (κ3) is 3.78. The molecule has 1 unspecified atom stereocenters. The van der Waals surface area contributed by atoms with E-state index >= 15 is 0 Å². The van der Waals surface area contributed by atoms with E-state index in [1.807, 2.05) is 0 Å². The number of carbonyl (C=O) groups is 2. The number of carbonyl (C=O) groups excluding carboxylic acids is 2. The van der Waals surface area contributed by atoms with Crippen molar-refractivity contribution in [2.45, 2.75) is 19.5 Å². The fourth-order valence-electron chi connectivity index (χ4n) is 2.91. The van der Waals surface area contributed by atoms with Crippen molar-refractivity contribution in [3.8, 4) is 17.0 Å². The molecule has 0 saturated carbocycles. The van der Waals surface area contributed by atoms with Crippen LogP contribution in [0.4, 0.5) is 27.6 Å². The van der Waals surface area contributed by atoms with E-state index < -0.39 is 64.5 Å². The summed E-state index contributed by atoms with van der Waals surface area (Å²) >= 11 is 5.80. The number of ether oxygens (including phenoxy) is 2. The van der Waals surface area contributed by atoms with Crippen molar-refractivity contribution >= 4 is 29.2 Å². The Kier molecular flexibility index (Phi) is 5.63. The molecule has 0 spiro atoms. The maximum absolute atomic E-state index is 14.6. The molecule has 0 aliphatic carbocycles. The van der Waals surface area contributed by atoms with Gasteiger partial charge in [0, 0.05) is 18.7 Å². The summed E-state index contributed by atoms with van der Waals surface area (Å²) in [5.74, 6) is -3.71. The van der Waals surface area contributed by atoms with Crippen LogP contribution in [-0.4, -0.2) is 41.2 Å². The van der Waals surface area contributed by atoms with Crippen molar-refractivity contribution in [3.05, 3.63) is 28.7 Å². The molecule has 2 aromatic rings. The summed E-state index contributed by atoms with van der Waals surface area (Å²) < 4.78 is 77.9. The molecule has 3 rings (SSSR count). The predicted molar refractivity (Wildman–Crippen MR) is 93.1 cm³/mol. The van der Waals surface area contributed by atoms with Crippen LogP contribution < -0.4 is 9.64 Å². The Balaban J connectivity index is 2.14. The number of fused-ring (bicyclic) bond motifs is 1. The number of anilines is 1. The zero-order chi connectivity index (χ0) is 22.4. The van der Waals surface area contributed by atoms with Crippen molar-refractivity contribution in [3.63, 3.8) is 0 Å². The van der Waals surface area contributed by atoms with Gasteiger partial charge in [0.2, 0.25) is 0 Å². The maximum atomic E-state index is 14.6. The van der Waals surface area contributed by atoms with E-state index in [0.29, 0.717) is 15.6 Å². The first-order chi connectivity index (χ1) is 14.0. The molecule has 2 heterocycles. The molecule has 7 nitrogen and oxygen atoms in total. The normalized spacial score (nSPS) is 16.3. The van der Waals surface area contributed by atoms with Crippen molar-refractivity contribution < 1.29 is 41.0 Å². The highest BCUT2D eigenvalue weighted by Crippen LogP contribution is 2.44. The van der Waals surface area contributed by atoms with Crippen molar-refractivity contribution in [2.75, 3.05) is 18.1 Å². The molecule has 1 atom stereocenters. The molecule has 162 valence electrons. The molecule has 1 amide bonds. The topological polar surface area (TPSA) is 73.7 Å². The van der Waals surface area contributed by atoms with Gasteiger partial charge < -0.3 is 9.47 Å². The lowest BCUT2D eigenvalue weighted by atomic mass is 10.1. The molecule has 0 bridgehead atoms. The maximum Gasteiger partial charge on any atom is 0.434 e. The van der Waals surface area contributed by atoms with E-state index in [1.165, 1.54) is 6.92 Å². The number of aromatic nitrogens is 2. The third-order valence-electron chi connectivity index (χ3n) is 4.14. The van der Waals surface area contributed by atoms with Gasteiger partial charge in [-0.15, -0.1) is 0 Å². The van der Waals surface area contributed by atoms with Crippen molar-refractivity contribution in [1.29, 1.82) is 0 Å². The number of benzene rings is 1. The smallest absolute Gasteiger partial charge is 0.434 e. The van der Waals surface area contributed by atoms with Gasteiger partial charge in [0.25, 0.3) is 0 Å². The summed E-state index contributed by atoms with van der Waals surface area (Å²) in [7, 11) is 0.974. The van der Waals surface area contributed by atoms with E-state index in [-0.39, 0.29) is 12.3 Å². The van der Waals surface area contributed by atoms with Gasteiger partial charge in [-0.05, 0) is 13.0 Å². The monoisotopic (exact) mass is 453 g/mol. The van der Waals surface area contributed by atoms with E-state index in [0.717, 1.165) is 13.1 Å². The molecule has 30 heavy (non-hydrogen) atoms. The second-order valence-electron chi connectivity index (χ2n) is 6.10. The van der Waals surface area contributed by atoms with Crippen molar-refractivity contribution in [2.24, 2.45) is 7.05 Å². The minimum atomic E-state index is -4.86. The summed E-state index contributed by atoms with van der Waals surface area (Å²) in [6, 6.07) is 1.57. The second kappa shape index (κ2) is 7.74. The molecule has 0 saturated heterocycles. The Morgan fingerprint density at radius 3 is 2.60 bits per heavy atom. The minimum Gasteiger partial charge on any atom is -0.465 e. The Morgan fingerprint density at radius 1 is 1.37 bits per heavy atom. The number of esters is 1. The molecule has 13 heteroatoms. The van der Waals surface area contributed by atoms with Crippen LogP contribution in [0.5, 0.6) is 5.75 Å². The highest BCUT2D eigenvalue weighted by molar-refractivity contribution is 6.33. The molecule has 0 fully saturated rings. The summed E-state index contributed by atoms with van der Waals surface area (Å²) in [4.78, 5) is 24.6. The number of amides is 1. The van der Waals surface area contributed by atoms with Crippen LogP contribution in [0.1, 0.15) is 12.6 Å². The second-order valence-corrected chi connectivity index (χ2v) is 6.47. The molecule has 0 radical (unpaired) electrons. The summed E-state index contributed by atoms with van der Waals surface area (Å²) in [5.41, 5.74) is -2.63. The minimum absolute atomic E-state index is 0.0122. The van der Waals surface area contributed by atoms with E-state index in [1.54, 1.807) is 0 Å². The Morgan fingerprint density at radius 2 is 2.03 bits per heavy atom.